The van der Waals surface area contributed by atoms with Gasteiger partial charge in [-0.1, -0.05) is 0 Å². The Morgan fingerprint density at radius 3 is 2.52 bits per heavy atom. The molecule has 126 valence electrons. The van der Waals surface area contributed by atoms with E-state index >= 15 is 0 Å². The third-order valence-electron chi connectivity index (χ3n) is 3.52. The van der Waals surface area contributed by atoms with Crippen molar-refractivity contribution in [2.75, 3.05) is 61.0 Å². The van der Waals surface area contributed by atoms with Crippen molar-refractivity contribution in [2.24, 2.45) is 0 Å². The Bertz CT molecular complexity index is 253. The van der Waals surface area contributed by atoms with Crippen LogP contribution in [0.5, 0.6) is 0 Å². The van der Waals surface area contributed by atoms with Gasteiger partial charge in [0.2, 0.25) is 0 Å². The Kier molecular flexibility index (Phi) is 9.61. The largest absolute Gasteiger partial charge is 0.500 e. The zero-order valence-corrected chi connectivity index (χ0v) is 14.4. The highest BCUT2D eigenvalue weighted by Gasteiger charge is 2.36. The Balaban J connectivity index is 2.07. The second kappa shape index (κ2) is 10.6. The molecule has 0 spiro atoms. The minimum atomic E-state index is -2.50. The molecule has 1 fully saturated rings. The molecule has 1 saturated heterocycles. The molecular weight excluding hydrogens is 294 g/mol. The molecule has 7 nitrogen and oxygen atoms in total. The van der Waals surface area contributed by atoms with E-state index in [0.29, 0.717) is 32.5 Å². The van der Waals surface area contributed by atoms with Gasteiger partial charge in [0, 0.05) is 53.7 Å². The van der Waals surface area contributed by atoms with Gasteiger partial charge < -0.3 is 27.9 Å². The molecule has 1 atom stereocenters. The smallest absolute Gasteiger partial charge is 0.389 e. The van der Waals surface area contributed by atoms with Crippen molar-refractivity contribution in [3.05, 3.63) is 0 Å². The third-order valence-corrected chi connectivity index (χ3v) is 6.35. The van der Waals surface area contributed by atoms with Gasteiger partial charge in [0.25, 0.3) is 0 Å². The van der Waals surface area contributed by atoms with Gasteiger partial charge in [0.1, 0.15) is 0 Å². The normalized spacial score (nSPS) is 18.9. The number of rotatable bonds is 11. The number of β-amino-alcohol motifs (C(OH)–C–C–N with tert-alkyl or cyclic N) is 1. The van der Waals surface area contributed by atoms with Gasteiger partial charge in [0.05, 0.1) is 19.4 Å². The zero-order chi connectivity index (χ0) is 15.6. The molecule has 0 aliphatic carbocycles. The van der Waals surface area contributed by atoms with Gasteiger partial charge in [-0.2, -0.15) is 0 Å². The fraction of sp³-hybridized carbons (Fsp3) is 1.00. The topological polar surface area (TPSA) is 69.6 Å². The van der Waals surface area contributed by atoms with E-state index in [1.165, 1.54) is 0 Å². The van der Waals surface area contributed by atoms with E-state index in [9.17, 15) is 5.11 Å². The second-order valence-electron chi connectivity index (χ2n) is 5.10. The average molecular weight is 323 g/mol. The summed E-state index contributed by atoms with van der Waals surface area (Å²) < 4.78 is 26.8. The lowest BCUT2D eigenvalue weighted by Crippen LogP contribution is -2.43. The lowest BCUT2D eigenvalue weighted by Gasteiger charge is -2.28. The first-order valence-corrected chi connectivity index (χ1v) is 9.30. The van der Waals surface area contributed by atoms with Crippen LogP contribution in [0.1, 0.15) is 12.8 Å². The van der Waals surface area contributed by atoms with Crippen LogP contribution >= 0.6 is 0 Å². The predicted molar refractivity (Wildman–Crippen MR) is 80.0 cm³/mol. The first-order chi connectivity index (χ1) is 10.2. The Morgan fingerprint density at radius 2 is 1.95 bits per heavy atom. The molecule has 1 N–H and O–H groups in total. The molecular formula is C13H29NO6Si. The molecule has 1 aliphatic heterocycles. The van der Waals surface area contributed by atoms with Crippen LogP contribution in [0.15, 0.2) is 0 Å². The molecule has 8 heteroatoms. The number of aliphatic hydroxyl groups excluding tert-OH is 1. The van der Waals surface area contributed by atoms with E-state index in [4.69, 9.17) is 22.8 Å². The molecule has 0 saturated carbocycles. The zero-order valence-electron chi connectivity index (χ0n) is 13.4. The van der Waals surface area contributed by atoms with Gasteiger partial charge >= 0.3 is 8.80 Å². The molecule has 1 rings (SSSR count). The highest BCUT2D eigenvalue weighted by Crippen LogP contribution is 2.14. The standard InChI is InChI=1S/C13H29NO6Si/c1-16-21(17-2,18-3)9-5-8-19-11-13(15)10-14-6-4-7-20-12-14/h13,15H,4-12H2,1-3H3. The highest BCUT2D eigenvalue weighted by molar-refractivity contribution is 6.60. The first-order valence-electron chi connectivity index (χ1n) is 7.37. The van der Waals surface area contributed by atoms with Crippen molar-refractivity contribution in [2.45, 2.75) is 25.0 Å². The minimum absolute atomic E-state index is 0.331. The monoisotopic (exact) mass is 323 g/mol. The number of ether oxygens (including phenoxy) is 2. The minimum Gasteiger partial charge on any atom is -0.389 e. The summed E-state index contributed by atoms with van der Waals surface area (Å²) >= 11 is 0. The Labute approximate surface area is 128 Å². The van der Waals surface area contributed by atoms with E-state index in [-0.39, 0.29) is 0 Å². The molecule has 1 aliphatic rings. The van der Waals surface area contributed by atoms with Crippen LogP contribution in [-0.4, -0.2) is 85.9 Å². The van der Waals surface area contributed by atoms with Crippen molar-refractivity contribution >= 4 is 8.80 Å². The molecule has 0 aromatic heterocycles. The molecule has 0 radical (unpaired) electrons. The Morgan fingerprint density at radius 1 is 1.24 bits per heavy atom. The SMILES string of the molecule is CO[Si](CCCOCC(O)CN1CCCOC1)(OC)OC. The summed E-state index contributed by atoms with van der Waals surface area (Å²) in [5.41, 5.74) is 0. The van der Waals surface area contributed by atoms with Crippen LogP contribution < -0.4 is 0 Å². The van der Waals surface area contributed by atoms with Crippen molar-refractivity contribution in [1.29, 1.82) is 0 Å². The number of hydrogen-bond donors (Lipinski definition) is 1. The second-order valence-corrected chi connectivity index (χ2v) is 8.19. The van der Waals surface area contributed by atoms with Crippen LogP contribution in [0.3, 0.4) is 0 Å². The maximum absolute atomic E-state index is 9.91. The summed E-state index contributed by atoms with van der Waals surface area (Å²) in [6.45, 7) is 3.86. The molecule has 1 heterocycles. The molecule has 1 unspecified atom stereocenters. The predicted octanol–water partition coefficient (Wildman–Crippen LogP) is 0.312. The molecule has 0 bridgehead atoms. The van der Waals surface area contributed by atoms with E-state index in [0.717, 1.165) is 26.0 Å². The summed E-state index contributed by atoms with van der Waals surface area (Å²) in [7, 11) is 2.31. The van der Waals surface area contributed by atoms with Crippen LogP contribution in [-0.2, 0) is 22.8 Å². The first kappa shape index (κ1) is 19.0. The van der Waals surface area contributed by atoms with Crippen molar-refractivity contribution < 1.29 is 27.9 Å². The molecule has 21 heavy (non-hydrogen) atoms. The van der Waals surface area contributed by atoms with E-state index < -0.39 is 14.9 Å². The van der Waals surface area contributed by atoms with Crippen molar-refractivity contribution in [3.63, 3.8) is 0 Å². The molecule has 0 amide bonds. The van der Waals surface area contributed by atoms with Gasteiger partial charge in [-0.05, 0) is 12.8 Å². The maximum atomic E-state index is 9.91. The summed E-state index contributed by atoms with van der Waals surface area (Å²) in [5, 5.41) is 9.91. The van der Waals surface area contributed by atoms with E-state index in [1.54, 1.807) is 21.3 Å². The van der Waals surface area contributed by atoms with Gasteiger partial charge in [-0.15, -0.1) is 0 Å². The lowest BCUT2D eigenvalue weighted by atomic mass is 10.3. The molecule has 0 aromatic carbocycles. The summed E-state index contributed by atoms with van der Waals surface area (Å²) in [5.74, 6) is 0. The molecule has 0 aromatic rings. The number of hydrogen-bond acceptors (Lipinski definition) is 7. The average Bonchev–Trinajstić information content (AvgIpc) is 2.52. The number of nitrogens with zero attached hydrogens (tertiary/aromatic N) is 1. The van der Waals surface area contributed by atoms with Gasteiger partial charge in [-0.25, -0.2) is 0 Å². The van der Waals surface area contributed by atoms with Crippen LogP contribution in [0.25, 0.3) is 0 Å². The van der Waals surface area contributed by atoms with Crippen molar-refractivity contribution in [1.82, 2.24) is 4.90 Å². The fourth-order valence-electron chi connectivity index (χ4n) is 2.31. The van der Waals surface area contributed by atoms with Gasteiger partial charge in [0.15, 0.2) is 0 Å². The fourth-order valence-corrected chi connectivity index (χ4v) is 4.00. The van der Waals surface area contributed by atoms with E-state index in [1.807, 2.05) is 0 Å². The highest BCUT2D eigenvalue weighted by atomic mass is 28.4. The number of aliphatic hydroxyl groups is 1. The van der Waals surface area contributed by atoms with Crippen LogP contribution in [0, 0.1) is 0 Å². The van der Waals surface area contributed by atoms with Crippen LogP contribution in [0.2, 0.25) is 6.04 Å². The quantitative estimate of drug-likeness (QED) is 0.433. The Hall–Kier alpha value is -0.0631. The van der Waals surface area contributed by atoms with E-state index in [2.05, 4.69) is 4.90 Å². The lowest BCUT2D eigenvalue weighted by molar-refractivity contribution is -0.0480. The van der Waals surface area contributed by atoms with Gasteiger partial charge in [-0.3, -0.25) is 4.90 Å². The summed E-state index contributed by atoms with van der Waals surface area (Å²) in [4.78, 5) is 2.09. The third kappa shape index (κ3) is 7.16. The van der Waals surface area contributed by atoms with Crippen LogP contribution in [0.4, 0.5) is 0 Å². The summed E-state index contributed by atoms with van der Waals surface area (Å²) in [6, 6.07) is 0.701. The van der Waals surface area contributed by atoms with Crippen molar-refractivity contribution in [3.8, 4) is 0 Å². The summed E-state index contributed by atoms with van der Waals surface area (Å²) in [6.07, 6.45) is 1.31. The maximum Gasteiger partial charge on any atom is 0.500 e.